The van der Waals surface area contributed by atoms with Crippen molar-refractivity contribution in [3.05, 3.63) is 0 Å². The van der Waals surface area contributed by atoms with Gasteiger partial charge in [0.15, 0.2) is 0 Å². The van der Waals surface area contributed by atoms with Crippen LogP contribution in [0.3, 0.4) is 0 Å². The number of hydrogen-bond donors (Lipinski definition) is 0. The van der Waals surface area contributed by atoms with Crippen LogP contribution in [0.1, 0.15) is 24.3 Å². The van der Waals surface area contributed by atoms with Crippen LogP contribution >= 0.6 is 0 Å². The van der Waals surface area contributed by atoms with E-state index in [2.05, 4.69) is 17.4 Å². The van der Waals surface area contributed by atoms with Gasteiger partial charge in [-0.05, 0) is 13.3 Å². The lowest BCUT2D eigenvalue weighted by atomic mass is 10.0. The standard InChI is InChI=1S/C8H11BF6O2/c1-3-5(2)16-4-6(17-9,7(10,11)12)8(13,14)15/h5H,3-4H2,1-2H3/i3D2,5D. The SMILES string of the molecule is [2H]C([2H])(C)C([2H])(C)OCC(O[B])(C(F)(F)F)C(F)(F)F. The smallest absolute Gasteiger partial charge is 0.427 e. The van der Waals surface area contributed by atoms with Crippen molar-refractivity contribution in [2.24, 2.45) is 0 Å². The van der Waals surface area contributed by atoms with Crippen molar-refractivity contribution in [3.8, 4) is 0 Å². The maximum absolute atomic E-state index is 12.6. The van der Waals surface area contributed by atoms with Gasteiger partial charge in [0, 0.05) is 2.74 Å². The fourth-order valence-electron chi connectivity index (χ4n) is 0.774. The molecule has 100 valence electrons. The van der Waals surface area contributed by atoms with E-state index in [0.717, 1.165) is 6.92 Å². The predicted octanol–water partition coefficient (Wildman–Crippen LogP) is 2.77. The maximum Gasteiger partial charge on any atom is 0.427 e. The van der Waals surface area contributed by atoms with Crippen molar-refractivity contribution in [2.45, 2.75) is 44.3 Å². The Bertz CT molecular complexity index is 325. The molecule has 0 saturated carbocycles. The van der Waals surface area contributed by atoms with Crippen LogP contribution in [0.4, 0.5) is 26.3 Å². The Kier molecular flexibility index (Phi) is 3.75. The van der Waals surface area contributed by atoms with Gasteiger partial charge in [0.05, 0.1) is 14.1 Å². The zero-order chi connectivity index (χ0) is 16.6. The molecule has 0 aliphatic rings. The molecule has 0 bridgehead atoms. The van der Waals surface area contributed by atoms with E-state index >= 15 is 0 Å². The molecule has 0 aromatic heterocycles. The first kappa shape index (κ1) is 11.6. The second-order valence-electron chi connectivity index (χ2n) is 3.04. The molecule has 0 spiro atoms. The minimum Gasteiger partial charge on any atom is -0.427 e. The van der Waals surface area contributed by atoms with Gasteiger partial charge >= 0.3 is 12.4 Å². The van der Waals surface area contributed by atoms with Gasteiger partial charge in [-0.2, -0.15) is 26.3 Å². The lowest BCUT2D eigenvalue weighted by Crippen LogP contribution is -2.61. The molecule has 0 rings (SSSR count). The van der Waals surface area contributed by atoms with E-state index in [1.54, 1.807) is 0 Å². The summed E-state index contributed by atoms with van der Waals surface area (Å²) in [6.45, 7) is -0.753. The van der Waals surface area contributed by atoms with E-state index in [1.807, 2.05) is 0 Å². The van der Waals surface area contributed by atoms with E-state index in [0.29, 0.717) is 6.92 Å². The lowest BCUT2D eigenvalue weighted by Gasteiger charge is -2.36. The second-order valence-corrected chi connectivity index (χ2v) is 3.04. The Morgan fingerprint density at radius 1 is 1.24 bits per heavy atom. The summed E-state index contributed by atoms with van der Waals surface area (Å²) in [4.78, 5) is 0. The third-order valence-electron chi connectivity index (χ3n) is 1.96. The average Bonchev–Trinajstić information content (AvgIpc) is 2.12. The molecule has 1 unspecified atom stereocenters. The highest BCUT2D eigenvalue weighted by atomic mass is 19.4. The molecule has 9 heteroatoms. The molecule has 0 saturated heterocycles. The van der Waals surface area contributed by atoms with Gasteiger partial charge in [-0.25, -0.2) is 0 Å². The first-order chi connectivity index (χ1) is 8.52. The molecule has 0 N–H and O–H groups in total. The van der Waals surface area contributed by atoms with Crippen LogP contribution in [0.2, 0.25) is 0 Å². The number of hydrogen-bond acceptors (Lipinski definition) is 2. The van der Waals surface area contributed by atoms with Crippen LogP contribution in [-0.2, 0) is 9.39 Å². The molecule has 2 nitrogen and oxygen atoms in total. The van der Waals surface area contributed by atoms with Crippen molar-refractivity contribution in [3.63, 3.8) is 0 Å². The maximum atomic E-state index is 12.6. The Hall–Kier alpha value is -0.435. The molecule has 0 aromatic rings. The molecular weight excluding hydrogens is 253 g/mol. The molecule has 0 aliphatic carbocycles. The molecule has 0 aromatic carbocycles. The zero-order valence-electron chi connectivity index (χ0n) is 11.9. The van der Waals surface area contributed by atoms with Gasteiger partial charge in [0.2, 0.25) is 0 Å². The summed E-state index contributed by atoms with van der Waals surface area (Å²) in [5, 5.41) is 0. The molecule has 0 amide bonds. The third-order valence-corrected chi connectivity index (χ3v) is 1.96. The van der Waals surface area contributed by atoms with E-state index in [1.165, 1.54) is 0 Å². The van der Waals surface area contributed by atoms with Crippen molar-refractivity contribution >= 4 is 8.05 Å². The summed E-state index contributed by atoms with van der Waals surface area (Å²) < 4.78 is 104. The first-order valence-corrected chi connectivity index (χ1v) is 4.17. The van der Waals surface area contributed by atoms with Gasteiger partial charge < -0.3 is 9.39 Å². The minimum absolute atomic E-state index is 0.682. The Morgan fingerprint density at radius 3 is 1.88 bits per heavy atom. The highest BCUT2D eigenvalue weighted by molar-refractivity contribution is 5.98. The molecule has 0 fully saturated rings. The normalized spacial score (nSPS) is 21.3. The fourth-order valence-corrected chi connectivity index (χ4v) is 0.774. The molecule has 17 heavy (non-hydrogen) atoms. The first-order valence-electron chi connectivity index (χ1n) is 5.67. The second kappa shape index (κ2) is 5.47. The molecule has 0 heterocycles. The Morgan fingerprint density at radius 2 is 1.65 bits per heavy atom. The van der Waals surface area contributed by atoms with E-state index in [4.69, 9.17) is 4.11 Å². The molecule has 0 aliphatic heterocycles. The van der Waals surface area contributed by atoms with Gasteiger partial charge in [-0.15, -0.1) is 0 Å². The summed E-state index contributed by atoms with van der Waals surface area (Å²) in [6, 6.07) is 0. The summed E-state index contributed by atoms with van der Waals surface area (Å²) >= 11 is 0. The fraction of sp³-hybridized carbons (Fsp3) is 1.00. The average molecular weight is 267 g/mol. The summed E-state index contributed by atoms with van der Waals surface area (Å²) in [6.07, 6.45) is -17.1. The quantitative estimate of drug-likeness (QED) is 0.563. The monoisotopic (exact) mass is 267 g/mol. The summed E-state index contributed by atoms with van der Waals surface area (Å²) in [5.74, 6) is 0. The van der Waals surface area contributed by atoms with Crippen LogP contribution in [0.25, 0.3) is 0 Å². The number of alkyl halides is 6. The van der Waals surface area contributed by atoms with Crippen LogP contribution < -0.4 is 0 Å². The lowest BCUT2D eigenvalue weighted by molar-refractivity contribution is -0.369. The molecular formula is C8H11BF6O2. The Labute approximate surface area is 99.9 Å². The van der Waals surface area contributed by atoms with Crippen molar-refractivity contribution < 1.29 is 39.8 Å². The predicted molar refractivity (Wildman–Crippen MR) is 47.4 cm³/mol. The van der Waals surface area contributed by atoms with Crippen LogP contribution in [0.5, 0.6) is 0 Å². The summed E-state index contributed by atoms with van der Waals surface area (Å²) in [7, 11) is 4.14. The van der Waals surface area contributed by atoms with Crippen molar-refractivity contribution in [1.82, 2.24) is 0 Å². The van der Waals surface area contributed by atoms with Crippen LogP contribution in [-0.4, -0.2) is 38.7 Å². The largest absolute Gasteiger partial charge is 0.427 e. The van der Waals surface area contributed by atoms with E-state index in [-0.39, 0.29) is 0 Å². The zero-order valence-corrected chi connectivity index (χ0v) is 8.87. The van der Waals surface area contributed by atoms with Crippen LogP contribution in [0, 0.1) is 0 Å². The van der Waals surface area contributed by atoms with Gasteiger partial charge in [0.25, 0.3) is 13.7 Å². The van der Waals surface area contributed by atoms with E-state index in [9.17, 15) is 26.3 Å². The summed E-state index contributed by atoms with van der Waals surface area (Å²) in [5.41, 5.74) is -4.84. The van der Waals surface area contributed by atoms with Crippen molar-refractivity contribution in [1.29, 1.82) is 0 Å². The number of ether oxygens (including phenoxy) is 1. The van der Waals surface area contributed by atoms with Crippen molar-refractivity contribution in [2.75, 3.05) is 6.61 Å². The Balaban J connectivity index is 5.45. The van der Waals surface area contributed by atoms with E-state index < -0.39 is 37.0 Å². The molecule has 2 radical (unpaired) electrons. The van der Waals surface area contributed by atoms with Gasteiger partial charge in [0.1, 0.15) is 0 Å². The highest BCUT2D eigenvalue weighted by Gasteiger charge is 2.71. The number of halogens is 6. The minimum atomic E-state index is -5.96. The van der Waals surface area contributed by atoms with Gasteiger partial charge in [-0.3, -0.25) is 0 Å². The van der Waals surface area contributed by atoms with Crippen LogP contribution in [0.15, 0.2) is 0 Å². The van der Waals surface area contributed by atoms with Gasteiger partial charge in [-0.1, -0.05) is 6.92 Å². The highest BCUT2D eigenvalue weighted by Crippen LogP contribution is 2.45. The topological polar surface area (TPSA) is 18.5 Å². The third kappa shape index (κ3) is 3.51. The molecule has 1 atom stereocenters. The number of rotatable bonds is 5.